The second kappa shape index (κ2) is 10.3. The summed E-state index contributed by atoms with van der Waals surface area (Å²) >= 11 is 0. The molecular weight excluding hydrogens is 464 g/mol. The second-order valence-corrected chi connectivity index (χ2v) is 9.68. The first kappa shape index (κ1) is 23.8. The number of nitrogens with zero attached hydrogens (tertiary/aromatic N) is 3. The molecule has 0 fully saturated rings. The monoisotopic (exact) mass is 488 g/mol. The van der Waals surface area contributed by atoms with E-state index in [4.69, 9.17) is 0 Å². The average Bonchev–Trinajstić information content (AvgIpc) is 2.84. The van der Waals surface area contributed by atoms with Crippen LogP contribution in [0.25, 0.3) is 11.3 Å². The van der Waals surface area contributed by atoms with Crippen molar-refractivity contribution in [3.05, 3.63) is 96.6 Å². The summed E-state index contributed by atoms with van der Waals surface area (Å²) in [5.74, 6) is 0.352. The fourth-order valence-corrected chi connectivity index (χ4v) is 3.95. The molecular formula is C25H24N6O3S. The zero-order valence-electron chi connectivity index (χ0n) is 19.1. The summed E-state index contributed by atoms with van der Waals surface area (Å²) in [5, 5.41) is 6.22. The lowest BCUT2D eigenvalue weighted by molar-refractivity contribution is 0.102. The molecule has 178 valence electrons. The number of carbonyl (C=O) groups excluding carboxylic acids is 1. The molecule has 0 spiro atoms. The first-order valence-corrected chi connectivity index (χ1v) is 12.6. The van der Waals surface area contributed by atoms with Gasteiger partial charge in [-0.1, -0.05) is 24.3 Å². The number of aromatic nitrogens is 3. The maximum atomic E-state index is 12.4. The Labute approximate surface area is 203 Å². The van der Waals surface area contributed by atoms with Gasteiger partial charge in [-0.05, 0) is 48.9 Å². The minimum atomic E-state index is -3.34. The van der Waals surface area contributed by atoms with Crippen LogP contribution in [0.1, 0.15) is 28.9 Å². The summed E-state index contributed by atoms with van der Waals surface area (Å²) < 4.78 is 25.2. The molecule has 1 atom stereocenters. The molecule has 3 N–H and O–H groups in total. The Balaban J connectivity index is 1.45. The Kier molecular flexibility index (Phi) is 7.02. The number of hydrogen-bond acceptors (Lipinski definition) is 7. The first-order valence-electron chi connectivity index (χ1n) is 10.7. The maximum absolute atomic E-state index is 12.4. The van der Waals surface area contributed by atoms with Crippen LogP contribution in [-0.4, -0.2) is 35.5 Å². The van der Waals surface area contributed by atoms with Crippen molar-refractivity contribution in [3.8, 4) is 11.3 Å². The van der Waals surface area contributed by atoms with Crippen LogP contribution in [-0.2, 0) is 10.0 Å². The highest BCUT2D eigenvalue weighted by molar-refractivity contribution is 7.92. The molecule has 4 rings (SSSR count). The summed E-state index contributed by atoms with van der Waals surface area (Å²) in [5.41, 5.74) is 4.03. The summed E-state index contributed by atoms with van der Waals surface area (Å²) in [4.78, 5) is 25.3. The van der Waals surface area contributed by atoms with E-state index < -0.39 is 10.0 Å². The van der Waals surface area contributed by atoms with Crippen LogP contribution in [0.4, 0.5) is 17.2 Å². The third-order valence-corrected chi connectivity index (χ3v) is 5.66. The Hall–Kier alpha value is -4.31. The molecule has 4 aromatic rings. The molecule has 1 amide bonds. The lowest BCUT2D eigenvalue weighted by atomic mass is 10.1. The molecule has 0 saturated carbocycles. The Morgan fingerprint density at radius 3 is 2.43 bits per heavy atom. The molecule has 0 aliphatic rings. The van der Waals surface area contributed by atoms with Gasteiger partial charge in [-0.3, -0.25) is 19.5 Å². The molecule has 0 saturated heterocycles. The van der Waals surface area contributed by atoms with E-state index in [9.17, 15) is 13.2 Å². The van der Waals surface area contributed by atoms with E-state index in [2.05, 4.69) is 30.3 Å². The number of pyridine rings is 1. The number of benzene rings is 2. The standard InChI is InChI=1S/C25H24N6O3S/c1-17(19-5-3-7-22(13-19)29-25(32)20-6-4-12-26-14-20)28-24-16-27-15-23(30-24)18-8-10-21(11-9-18)31-35(2,33)34/h3-17,31H,1-2H3,(H,28,30)(H,29,32)/t17-/m0/s1. The number of carbonyl (C=O) groups is 1. The zero-order chi connectivity index (χ0) is 24.8. The molecule has 10 heteroatoms. The van der Waals surface area contributed by atoms with Gasteiger partial charge >= 0.3 is 0 Å². The van der Waals surface area contributed by atoms with Gasteiger partial charge in [-0.25, -0.2) is 13.4 Å². The number of sulfonamides is 1. The number of hydrogen-bond donors (Lipinski definition) is 3. The topological polar surface area (TPSA) is 126 Å². The van der Waals surface area contributed by atoms with Crippen molar-refractivity contribution in [1.82, 2.24) is 15.0 Å². The number of anilines is 3. The quantitative estimate of drug-likeness (QED) is 0.337. The average molecular weight is 489 g/mol. The molecule has 0 unspecified atom stereocenters. The number of nitrogens with one attached hydrogen (secondary N) is 3. The Morgan fingerprint density at radius 1 is 0.914 bits per heavy atom. The van der Waals surface area contributed by atoms with Gasteiger partial charge in [0.15, 0.2) is 0 Å². The lowest BCUT2D eigenvalue weighted by Gasteiger charge is -2.16. The molecule has 2 aromatic heterocycles. The fraction of sp³-hybridized carbons (Fsp3) is 0.120. The molecule has 0 aliphatic heterocycles. The van der Waals surface area contributed by atoms with Crippen LogP contribution in [0.5, 0.6) is 0 Å². The van der Waals surface area contributed by atoms with Crippen LogP contribution in [0, 0.1) is 0 Å². The van der Waals surface area contributed by atoms with Crippen molar-refractivity contribution in [3.63, 3.8) is 0 Å². The SMILES string of the molecule is C[C@H](Nc1cncc(-c2ccc(NS(C)(=O)=O)cc2)n1)c1cccc(NC(=O)c2cccnc2)c1. The van der Waals surface area contributed by atoms with Gasteiger partial charge < -0.3 is 10.6 Å². The lowest BCUT2D eigenvalue weighted by Crippen LogP contribution is -2.13. The third kappa shape index (κ3) is 6.61. The van der Waals surface area contributed by atoms with Crippen molar-refractivity contribution in [2.24, 2.45) is 0 Å². The molecule has 2 heterocycles. The van der Waals surface area contributed by atoms with E-state index in [1.54, 1.807) is 55.0 Å². The minimum Gasteiger partial charge on any atom is -0.362 e. The molecule has 0 radical (unpaired) electrons. The summed E-state index contributed by atoms with van der Waals surface area (Å²) in [6, 6.07) is 17.8. The second-order valence-electron chi connectivity index (χ2n) is 7.93. The molecule has 0 bridgehead atoms. The predicted molar refractivity (Wildman–Crippen MR) is 137 cm³/mol. The fourth-order valence-electron chi connectivity index (χ4n) is 3.39. The molecule has 9 nitrogen and oxygen atoms in total. The van der Waals surface area contributed by atoms with E-state index in [0.29, 0.717) is 28.5 Å². The highest BCUT2D eigenvalue weighted by Gasteiger charge is 2.11. The van der Waals surface area contributed by atoms with E-state index in [0.717, 1.165) is 17.4 Å². The largest absolute Gasteiger partial charge is 0.362 e. The van der Waals surface area contributed by atoms with Gasteiger partial charge in [0, 0.05) is 29.3 Å². The zero-order valence-corrected chi connectivity index (χ0v) is 20.0. The summed E-state index contributed by atoms with van der Waals surface area (Å²) in [6.07, 6.45) is 7.52. The predicted octanol–water partition coefficient (Wildman–Crippen LogP) is 4.34. The van der Waals surface area contributed by atoms with E-state index in [-0.39, 0.29) is 11.9 Å². The number of amides is 1. The van der Waals surface area contributed by atoms with Crippen molar-refractivity contribution >= 4 is 33.1 Å². The summed E-state index contributed by atoms with van der Waals surface area (Å²) in [7, 11) is -3.34. The Morgan fingerprint density at radius 2 is 1.71 bits per heavy atom. The van der Waals surface area contributed by atoms with E-state index in [1.807, 2.05) is 31.2 Å². The summed E-state index contributed by atoms with van der Waals surface area (Å²) in [6.45, 7) is 1.99. The smallest absolute Gasteiger partial charge is 0.257 e. The van der Waals surface area contributed by atoms with Crippen LogP contribution >= 0.6 is 0 Å². The maximum Gasteiger partial charge on any atom is 0.257 e. The van der Waals surface area contributed by atoms with Gasteiger partial charge in [0.1, 0.15) is 5.82 Å². The van der Waals surface area contributed by atoms with Gasteiger partial charge in [-0.15, -0.1) is 0 Å². The first-order chi connectivity index (χ1) is 16.8. The van der Waals surface area contributed by atoms with Gasteiger partial charge in [0.2, 0.25) is 10.0 Å². The van der Waals surface area contributed by atoms with E-state index >= 15 is 0 Å². The highest BCUT2D eigenvalue weighted by Crippen LogP contribution is 2.24. The highest BCUT2D eigenvalue weighted by atomic mass is 32.2. The molecule has 35 heavy (non-hydrogen) atoms. The van der Waals surface area contributed by atoms with Gasteiger partial charge in [-0.2, -0.15) is 0 Å². The van der Waals surface area contributed by atoms with Crippen molar-refractivity contribution in [2.75, 3.05) is 21.6 Å². The van der Waals surface area contributed by atoms with Crippen molar-refractivity contribution in [2.45, 2.75) is 13.0 Å². The van der Waals surface area contributed by atoms with Crippen LogP contribution in [0.15, 0.2) is 85.5 Å². The number of rotatable bonds is 8. The third-order valence-electron chi connectivity index (χ3n) is 5.05. The van der Waals surface area contributed by atoms with Crippen LogP contribution in [0.3, 0.4) is 0 Å². The minimum absolute atomic E-state index is 0.115. The van der Waals surface area contributed by atoms with Crippen molar-refractivity contribution in [1.29, 1.82) is 0 Å². The Bertz CT molecular complexity index is 1430. The molecule has 0 aliphatic carbocycles. The van der Waals surface area contributed by atoms with Gasteiger partial charge in [0.05, 0.1) is 35.9 Å². The van der Waals surface area contributed by atoms with Crippen molar-refractivity contribution < 1.29 is 13.2 Å². The van der Waals surface area contributed by atoms with E-state index in [1.165, 1.54) is 6.20 Å². The van der Waals surface area contributed by atoms with Gasteiger partial charge in [0.25, 0.3) is 5.91 Å². The normalized spacial score (nSPS) is 11.9. The molecule has 2 aromatic carbocycles. The van der Waals surface area contributed by atoms with Crippen LogP contribution < -0.4 is 15.4 Å². The van der Waals surface area contributed by atoms with Crippen LogP contribution in [0.2, 0.25) is 0 Å².